The molecule has 0 saturated heterocycles. The SMILES string of the molecule is CCCNC(=O)c1cccc(NC(=O)c2n[nH]c3ccc(C)cc23)c1. The zero-order valence-corrected chi connectivity index (χ0v) is 14.2. The van der Waals surface area contributed by atoms with Crippen LogP contribution in [-0.4, -0.2) is 28.6 Å². The highest BCUT2D eigenvalue weighted by atomic mass is 16.2. The average Bonchev–Trinajstić information content (AvgIpc) is 3.03. The summed E-state index contributed by atoms with van der Waals surface area (Å²) in [5, 5.41) is 13.4. The predicted octanol–water partition coefficient (Wildman–Crippen LogP) is 3.26. The number of hydrogen-bond donors (Lipinski definition) is 3. The maximum absolute atomic E-state index is 12.6. The molecule has 2 aromatic carbocycles. The maximum atomic E-state index is 12.6. The van der Waals surface area contributed by atoms with Gasteiger partial charge in [-0.15, -0.1) is 0 Å². The lowest BCUT2D eigenvalue weighted by molar-refractivity contribution is 0.0952. The Hall–Kier alpha value is -3.15. The number of aromatic nitrogens is 2. The minimum Gasteiger partial charge on any atom is -0.352 e. The maximum Gasteiger partial charge on any atom is 0.276 e. The number of aryl methyl sites for hydroxylation is 1. The zero-order chi connectivity index (χ0) is 17.8. The number of carbonyl (C=O) groups excluding carboxylic acids is 2. The molecule has 0 radical (unpaired) electrons. The van der Waals surface area contributed by atoms with E-state index in [0.29, 0.717) is 23.5 Å². The predicted molar refractivity (Wildman–Crippen MR) is 97.9 cm³/mol. The largest absolute Gasteiger partial charge is 0.352 e. The van der Waals surface area contributed by atoms with Crippen molar-refractivity contribution in [2.75, 3.05) is 11.9 Å². The molecule has 0 aliphatic carbocycles. The Morgan fingerprint density at radius 2 is 1.96 bits per heavy atom. The Kier molecular flexibility index (Phi) is 4.79. The van der Waals surface area contributed by atoms with Gasteiger partial charge in [0.15, 0.2) is 5.69 Å². The highest BCUT2D eigenvalue weighted by Crippen LogP contribution is 2.19. The standard InChI is InChI=1S/C19H20N4O2/c1-3-9-20-18(24)13-5-4-6-14(11-13)21-19(25)17-15-10-12(2)7-8-16(15)22-23-17/h4-8,10-11H,3,9H2,1-2H3,(H,20,24)(H,21,25)(H,22,23). The Bertz CT molecular complexity index is 930. The van der Waals surface area contributed by atoms with E-state index in [1.807, 2.05) is 32.0 Å². The molecule has 0 fully saturated rings. The van der Waals surface area contributed by atoms with Gasteiger partial charge in [0.2, 0.25) is 0 Å². The molecule has 0 saturated carbocycles. The van der Waals surface area contributed by atoms with E-state index in [9.17, 15) is 9.59 Å². The molecule has 2 amide bonds. The summed E-state index contributed by atoms with van der Waals surface area (Å²) in [7, 11) is 0. The summed E-state index contributed by atoms with van der Waals surface area (Å²) >= 11 is 0. The number of rotatable bonds is 5. The van der Waals surface area contributed by atoms with Crippen molar-refractivity contribution >= 4 is 28.4 Å². The number of fused-ring (bicyclic) bond motifs is 1. The Balaban J connectivity index is 1.80. The van der Waals surface area contributed by atoms with Gasteiger partial charge in [-0.1, -0.05) is 24.6 Å². The lowest BCUT2D eigenvalue weighted by Crippen LogP contribution is -2.24. The van der Waals surface area contributed by atoms with Crippen LogP contribution in [0.25, 0.3) is 10.9 Å². The van der Waals surface area contributed by atoms with E-state index in [2.05, 4.69) is 20.8 Å². The van der Waals surface area contributed by atoms with Gasteiger partial charge in [-0.3, -0.25) is 14.7 Å². The van der Waals surface area contributed by atoms with Crippen LogP contribution >= 0.6 is 0 Å². The molecule has 0 aliphatic heterocycles. The quantitative estimate of drug-likeness (QED) is 0.668. The number of anilines is 1. The number of hydrogen-bond acceptors (Lipinski definition) is 3. The van der Waals surface area contributed by atoms with Crippen molar-refractivity contribution in [1.82, 2.24) is 15.5 Å². The first kappa shape index (κ1) is 16.7. The molecule has 1 aromatic heterocycles. The van der Waals surface area contributed by atoms with Crippen LogP contribution in [0, 0.1) is 6.92 Å². The van der Waals surface area contributed by atoms with Crippen LogP contribution in [0.4, 0.5) is 5.69 Å². The molecule has 0 spiro atoms. The molecule has 128 valence electrons. The van der Waals surface area contributed by atoms with Gasteiger partial charge in [0, 0.05) is 23.2 Å². The van der Waals surface area contributed by atoms with Crippen molar-refractivity contribution in [2.24, 2.45) is 0 Å². The zero-order valence-electron chi connectivity index (χ0n) is 14.2. The number of carbonyl (C=O) groups is 2. The van der Waals surface area contributed by atoms with Crippen molar-refractivity contribution in [2.45, 2.75) is 20.3 Å². The summed E-state index contributed by atoms with van der Waals surface area (Å²) in [4.78, 5) is 24.6. The third-order valence-electron chi connectivity index (χ3n) is 3.85. The summed E-state index contributed by atoms with van der Waals surface area (Å²) in [5.74, 6) is -0.471. The second-order valence-electron chi connectivity index (χ2n) is 5.91. The van der Waals surface area contributed by atoms with E-state index in [0.717, 1.165) is 22.9 Å². The van der Waals surface area contributed by atoms with Gasteiger partial charge in [-0.05, 0) is 43.7 Å². The number of benzene rings is 2. The second-order valence-corrected chi connectivity index (χ2v) is 5.91. The van der Waals surface area contributed by atoms with Gasteiger partial charge in [-0.25, -0.2) is 0 Å². The smallest absolute Gasteiger partial charge is 0.276 e. The van der Waals surface area contributed by atoms with Crippen molar-refractivity contribution in [3.05, 3.63) is 59.3 Å². The number of amides is 2. The fourth-order valence-electron chi connectivity index (χ4n) is 2.57. The number of nitrogens with zero attached hydrogens (tertiary/aromatic N) is 1. The van der Waals surface area contributed by atoms with Crippen LogP contribution in [0.5, 0.6) is 0 Å². The number of nitrogens with one attached hydrogen (secondary N) is 3. The van der Waals surface area contributed by atoms with Gasteiger partial charge in [-0.2, -0.15) is 5.10 Å². The number of aromatic amines is 1. The molecule has 0 atom stereocenters. The van der Waals surface area contributed by atoms with Crippen molar-refractivity contribution < 1.29 is 9.59 Å². The molecule has 1 heterocycles. The Morgan fingerprint density at radius 1 is 1.12 bits per heavy atom. The van der Waals surface area contributed by atoms with E-state index in [1.165, 1.54) is 0 Å². The molecule has 0 unspecified atom stereocenters. The summed E-state index contributed by atoms with van der Waals surface area (Å²) in [5.41, 5.74) is 3.26. The second kappa shape index (κ2) is 7.17. The average molecular weight is 336 g/mol. The van der Waals surface area contributed by atoms with Crippen LogP contribution in [0.3, 0.4) is 0 Å². The molecule has 3 N–H and O–H groups in total. The van der Waals surface area contributed by atoms with E-state index in [1.54, 1.807) is 24.3 Å². The third kappa shape index (κ3) is 3.68. The molecule has 0 aliphatic rings. The van der Waals surface area contributed by atoms with Crippen LogP contribution < -0.4 is 10.6 Å². The monoisotopic (exact) mass is 336 g/mol. The lowest BCUT2D eigenvalue weighted by Gasteiger charge is -2.07. The van der Waals surface area contributed by atoms with Gasteiger partial charge in [0.25, 0.3) is 11.8 Å². The molecular formula is C19H20N4O2. The highest BCUT2D eigenvalue weighted by molar-refractivity contribution is 6.11. The van der Waals surface area contributed by atoms with Gasteiger partial charge < -0.3 is 10.6 Å². The minimum atomic E-state index is -0.317. The van der Waals surface area contributed by atoms with E-state index >= 15 is 0 Å². The first-order valence-corrected chi connectivity index (χ1v) is 8.23. The van der Waals surface area contributed by atoms with Gasteiger partial charge in [0.05, 0.1) is 5.52 Å². The summed E-state index contributed by atoms with van der Waals surface area (Å²) < 4.78 is 0. The molecule has 25 heavy (non-hydrogen) atoms. The molecule has 3 aromatic rings. The fourth-order valence-corrected chi connectivity index (χ4v) is 2.57. The van der Waals surface area contributed by atoms with Crippen LogP contribution in [0.2, 0.25) is 0 Å². The van der Waals surface area contributed by atoms with Crippen LogP contribution in [-0.2, 0) is 0 Å². The molecular weight excluding hydrogens is 316 g/mol. The van der Waals surface area contributed by atoms with Gasteiger partial charge in [0.1, 0.15) is 0 Å². The Morgan fingerprint density at radius 3 is 2.76 bits per heavy atom. The summed E-state index contributed by atoms with van der Waals surface area (Å²) in [6.07, 6.45) is 0.869. The molecule has 0 bridgehead atoms. The molecule has 3 rings (SSSR count). The summed E-state index contributed by atoms with van der Waals surface area (Å²) in [6, 6.07) is 12.6. The first-order valence-electron chi connectivity index (χ1n) is 8.23. The molecule has 6 heteroatoms. The summed E-state index contributed by atoms with van der Waals surface area (Å²) in [6.45, 7) is 4.58. The fraction of sp³-hybridized carbons (Fsp3) is 0.211. The van der Waals surface area contributed by atoms with Gasteiger partial charge >= 0.3 is 0 Å². The van der Waals surface area contributed by atoms with Crippen molar-refractivity contribution in [3.63, 3.8) is 0 Å². The Labute approximate surface area is 145 Å². The minimum absolute atomic E-state index is 0.154. The van der Waals surface area contributed by atoms with E-state index in [-0.39, 0.29) is 11.8 Å². The highest BCUT2D eigenvalue weighted by Gasteiger charge is 2.15. The van der Waals surface area contributed by atoms with Crippen molar-refractivity contribution in [1.29, 1.82) is 0 Å². The van der Waals surface area contributed by atoms with Crippen LogP contribution in [0.1, 0.15) is 39.8 Å². The number of H-pyrrole nitrogens is 1. The first-order chi connectivity index (χ1) is 12.1. The molecule has 6 nitrogen and oxygen atoms in total. The van der Waals surface area contributed by atoms with Crippen molar-refractivity contribution in [3.8, 4) is 0 Å². The van der Waals surface area contributed by atoms with Crippen LogP contribution in [0.15, 0.2) is 42.5 Å². The third-order valence-corrected chi connectivity index (χ3v) is 3.85. The normalized spacial score (nSPS) is 10.6. The lowest BCUT2D eigenvalue weighted by atomic mass is 10.1. The van der Waals surface area contributed by atoms with E-state index in [4.69, 9.17) is 0 Å². The van der Waals surface area contributed by atoms with E-state index < -0.39 is 0 Å². The topological polar surface area (TPSA) is 86.9 Å².